The van der Waals surface area contributed by atoms with E-state index in [4.69, 9.17) is 10.7 Å². The first-order valence-electron chi connectivity index (χ1n) is 9.29. The van der Waals surface area contributed by atoms with Crippen LogP contribution in [0.4, 0.5) is 17.1 Å². The number of fused-ring (bicyclic) bond motifs is 1. The van der Waals surface area contributed by atoms with Crippen molar-refractivity contribution >= 4 is 34.6 Å². The summed E-state index contributed by atoms with van der Waals surface area (Å²) in [7, 11) is 0. The van der Waals surface area contributed by atoms with Crippen molar-refractivity contribution in [3.8, 4) is 0 Å². The van der Waals surface area contributed by atoms with Gasteiger partial charge in [0.1, 0.15) is 5.92 Å². The number of benzene rings is 3. The molecule has 0 spiro atoms. The molecule has 2 amide bonds. The molecule has 1 heterocycles. The van der Waals surface area contributed by atoms with Crippen LogP contribution in [0.3, 0.4) is 0 Å². The standard InChI is InChI=1S/C23H20N4O2/c24-14-20(28)25-16-10-12-17(13-11-16)26-22(15-6-2-1-3-7-15)21-18-8-4-5-9-19(18)27-23(21)29/h1-13,21H,14,24H2,(H,25,28)(H,27,29). The number of aliphatic imine (C=N–C) groups is 1. The van der Waals surface area contributed by atoms with Crippen molar-refractivity contribution in [1.29, 1.82) is 0 Å². The van der Waals surface area contributed by atoms with E-state index in [0.717, 1.165) is 16.8 Å². The molecule has 1 aliphatic rings. The van der Waals surface area contributed by atoms with Gasteiger partial charge in [0, 0.05) is 11.4 Å². The molecule has 1 unspecified atom stereocenters. The van der Waals surface area contributed by atoms with Gasteiger partial charge in [0.2, 0.25) is 11.8 Å². The van der Waals surface area contributed by atoms with E-state index in [2.05, 4.69) is 10.6 Å². The second kappa shape index (κ2) is 8.08. The minimum atomic E-state index is -0.495. The molecule has 0 radical (unpaired) electrons. The smallest absolute Gasteiger partial charge is 0.238 e. The van der Waals surface area contributed by atoms with E-state index in [1.54, 1.807) is 24.3 Å². The van der Waals surface area contributed by atoms with E-state index in [-0.39, 0.29) is 18.4 Å². The fourth-order valence-electron chi connectivity index (χ4n) is 3.36. The van der Waals surface area contributed by atoms with Crippen molar-refractivity contribution in [2.75, 3.05) is 17.2 Å². The highest BCUT2D eigenvalue weighted by Gasteiger charge is 2.35. The highest BCUT2D eigenvalue weighted by molar-refractivity contribution is 6.24. The molecule has 6 heteroatoms. The Labute approximate surface area is 168 Å². The molecule has 0 saturated carbocycles. The van der Waals surface area contributed by atoms with E-state index < -0.39 is 5.92 Å². The van der Waals surface area contributed by atoms with Gasteiger partial charge in [0.25, 0.3) is 0 Å². The summed E-state index contributed by atoms with van der Waals surface area (Å²) < 4.78 is 0. The van der Waals surface area contributed by atoms with Crippen LogP contribution in [0.5, 0.6) is 0 Å². The summed E-state index contributed by atoms with van der Waals surface area (Å²) >= 11 is 0. The van der Waals surface area contributed by atoms with Crippen LogP contribution in [-0.2, 0) is 9.59 Å². The second-order valence-corrected chi connectivity index (χ2v) is 6.67. The fraction of sp³-hybridized carbons (Fsp3) is 0.0870. The van der Waals surface area contributed by atoms with Gasteiger partial charge in [0.15, 0.2) is 0 Å². The zero-order chi connectivity index (χ0) is 20.2. The quantitative estimate of drug-likeness (QED) is 0.588. The van der Waals surface area contributed by atoms with Gasteiger partial charge in [-0.25, -0.2) is 0 Å². The van der Waals surface area contributed by atoms with Crippen LogP contribution < -0.4 is 16.4 Å². The SMILES string of the molecule is NCC(=O)Nc1ccc(N=C(c2ccccc2)C2C(=O)Nc3ccccc32)cc1. The van der Waals surface area contributed by atoms with Crippen LogP contribution in [-0.4, -0.2) is 24.1 Å². The first-order chi connectivity index (χ1) is 14.2. The maximum atomic E-state index is 12.8. The lowest BCUT2D eigenvalue weighted by molar-refractivity contribution is -0.116. The number of carbonyl (C=O) groups is 2. The molecule has 3 aromatic carbocycles. The summed E-state index contributed by atoms with van der Waals surface area (Å²) in [5.74, 6) is -0.851. The molecule has 0 fully saturated rings. The Bertz CT molecular complexity index is 1080. The van der Waals surface area contributed by atoms with Gasteiger partial charge in [-0.1, -0.05) is 48.5 Å². The van der Waals surface area contributed by atoms with Crippen molar-refractivity contribution in [2.24, 2.45) is 10.7 Å². The Morgan fingerprint density at radius 2 is 1.66 bits per heavy atom. The Morgan fingerprint density at radius 1 is 0.966 bits per heavy atom. The zero-order valence-electron chi connectivity index (χ0n) is 15.6. The molecule has 4 N–H and O–H groups in total. The lowest BCUT2D eigenvalue weighted by atomic mass is 9.90. The predicted octanol–water partition coefficient (Wildman–Crippen LogP) is 3.44. The number of nitrogens with one attached hydrogen (secondary N) is 2. The maximum Gasteiger partial charge on any atom is 0.238 e. The topological polar surface area (TPSA) is 96.6 Å². The minimum Gasteiger partial charge on any atom is -0.325 e. The second-order valence-electron chi connectivity index (χ2n) is 6.67. The lowest BCUT2D eigenvalue weighted by Gasteiger charge is -2.14. The third kappa shape index (κ3) is 3.93. The number of amides is 2. The molecule has 144 valence electrons. The van der Waals surface area contributed by atoms with Gasteiger partial charge in [-0.3, -0.25) is 14.6 Å². The van der Waals surface area contributed by atoms with Crippen LogP contribution in [0.1, 0.15) is 17.0 Å². The molecular weight excluding hydrogens is 364 g/mol. The minimum absolute atomic E-state index is 0.0751. The van der Waals surface area contributed by atoms with Gasteiger partial charge < -0.3 is 16.4 Å². The van der Waals surface area contributed by atoms with Gasteiger partial charge >= 0.3 is 0 Å². The number of anilines is 2. The van der Waals surface area contributed by atoms with Crippen LogP contribution in [0.2, 0.25) is 0 Å². The molecule has 6 nitrogen and oxygen atoms in total. The van der Waals surface area contributed by atoms with E-state index in [9.17, 15) is 9.59 Å². The van der Waals surface area contributed by atoms with Crippen molar-refractivity contribution < 1.29 is 9.59 Å². The molecule has 1 aliphatic heterocycles. The molecule has 1 atom stereocenters. The van der Waals surface area contributed by atoms with Gasteiger partial charge in [0.05, 0.1) is 17.9 Å². The summed E-state index contributed by atoms with van der Waals surface area (Å²) in [4.78, 5) is 29.1. The average molecular weight is 384 g/mol. The Balaban J connectivity index is 1.74. The Kier molecular flexibility index (Phi) is 5.18. The van der Waals surface area contributed by atoms with Crippen molar-refractivity contribution in [3.63, 3.8) is 0 Å². The average Bonchev–Trinajstić information content (AvgIpc) is 3.09. The van der Waals surface area contributed by atoms with E-state index >= 15 is 0 Å². The number of para-hydroxylation sites is 1. The summed E-state index contributed by atoms with van der Waals surface area (Å²) in [6.45, 7) is -0.0751. The van der Waals surface area contributed by atoms with Crippen LogP contribution in [0.15, 0.2) is 83.9 Å². The first kappa shape index (κ1) is 18.6. The molecular formula is C23H20N4O2. The van der Waals surface area contributed by atoms with Crippen molar-refractivity contribution in [2.45, 2.75) is 5.92 Å². The Hall–Kier alpha value is -3.77. The first-order valence-corrected chi connectivity index (χ1v) is 9.29. The summed E-state index contributed by atoms with van der Waals surface area (Å²) in [5, 5.41) is 5.64. The number of nitrogens with two attached hydrogens (primary N) is 1. The molecule has 0 bridgehead atoms. The van der Waals surface area contributed by atoms with Crippen LogP contribution in [0.25, 0.3) is 0 Å². The summed E-state index contributed by atoms with van der Waals surface area (Å²) in [6.07, 6.45) is 0. The largest absolute Gasteiger partial charge is 0.325 e. The van der Waals surface area contributed by atoms with Crippen molar-refractivity contribution in [1.82, 2.24) is 0 Å². The van der Waals surface area contributed by atoms with Gasteiger partial charge in [-0.05, 0) is 41.5 Å². The molecule has 0 saturated heterocycles. The van der Waals surface area contributed by atoms with E-state index in [1.165, 1.54) is 0 Å². The van der Waals surface area contributed by atoms with Crippen molar-refractivity contribution in [3.05, 3.63) is 90.0 Å². The number of hydrogen-bond acceptors (Lipinski definition) is 4. The molecule has 29 heavy (non-hydrogen) atoms. The van der Waals surface area contributed by atoms with Gasteiger partial charge in [-0.2, -0.15) is 0 Å². The fourth-order valence-corrected chi connectivity index (χ4v) is 3.36. The predicted molar refractivity (Wildman–Crippen MR) is 115 cm³/mol. The number of rotatable bonds is 5. The molecule has 4 rings (SSSR count). The zero-order valence-corrected chi connectivity index (χ0v) is 15.6. The highest BCUT2D eigenvalue weighted by Crippen LogP contribution is 2.36. The summed E-state index contributed by atoms with van der Waals surface area (Å²) in [6, 6.07) is 24.5. The molecule has 3 aromatic rings. The van der Waals surface area contributed by atoms with Crippen LogP contribution in [0, 0.1) is 0 Å². The molecule has 0 aliphatic carbocycles. The van der Waals surface area contributed by atoms with E-state index in [0.29, 0.717) is 17.1 Å². The normalized spacial score (nSPS) is 15.6. The molecule has 0 aromatic heterocycles. The monoisotopic (exact) mass is 384 g/mol. The Morgan fingerprint density at radius 3 is 2.38 bits per heavy atom. The number of nitrogens with zero attached hydrogens (tertiary/aromatic N) is 1. The third-order valence-electron chi connectivity index (χ3n) is 4.72. The maximum absolute atomic E-state index is 12.8. The highest BCUT2D eigenvalue weighted by atomic mass is 16.2. The third-order valence-corrected chi connectivity index (χ3v) is 4.72. The van der Waals surface area contributed by atoms with Crippen LogP contribution >= 0.6 is 0 Å². The summed E-state index contributed by atoms with van der Waals surface area (Å²) in [5.41, 5.74) is 9.93. The number of hydrogen-bond donors (Lipinski definition) is 3. The number of carbonyl (C=O) groups excluding carboxylic acids is 2. The lowest BCUT2D eigenvalue weighted by Crippen LogP contribution is -2.22. The van der Waals surface area contributed by atoms with E-state index in [1.807, 2.05) is 54.6 Å². The van der Waals surface area contributed by atoms with Gasteiger partial charge in [-0.15, -0.1) is 0 Å².